The molecule has 1 aliphatic rings. The first kappa shape index (κ1) is 23.0. The lowest BCUT2D eigenvalue weighted by Gasteiger charge is -2.38. The number of fused-ring (bicyclic) bond motifs is 1. The number of carbonyl (C=O) groups excluding carboxylic acids is 1. The maximum atomic E-state index is 13.4. The molecule has 0 spiro atoms. The summed E-state index contributed by atoms with van der Waals surface area (Å²) in [5, 5.41) is 11.9. The molecule has 1 aromatic carbocycles. The maximum absolute atomic E-state index is 13.4. The van der Waals surface area contributed by atoms with Gasteiger partial charge in [-0.05, 0) is 26.0 Å². The number of aryl methyl sites for hydroxylation is 1. The number of nitrogens with one attached hydrogen (secondary N) is 2. The molecule has 0 bridgehead atoms. The molecule has 3 heterocycles. The minimum absolute atomic E-state index is 0.118. The summed E-state index contributed by atoms with van der Waals surface area (Å²) in [6.45, 7) is 12.3. The number of carbonyl (C=O) groups is 1. The van der Waals surface area contributed by atoms with E-state index in [1.54, 1.807) is 10.9 Å². The number of anilines is 2. The molecule has 0 saturated carbocycles. The Morgan fingerprint density at radius 2 is 1.91 bits per heavy atom. The van der Waals surface area contributed by atoms with Crippen molar-refractivity contribution < 1.29 is 9.53 Å². The third kappa shape index (κ3) is 4.64. The van der Waals surface area contributed by atoms with Crippen molar-refractivity contribution >= 4 is 28.3 Å². The van der Waals surface area contributed by atoms with Crippen LogP contribution in [0.1, 0.15) is 50.7 Å². The molecule has 33 heavy (non-hydrogen) atoms. The minimum Gasteiger partial charge on any atom is -0.467 e. The van der Waals surface area contributed by atoms with Gasteiger partial charge in [0, 0.05) is 61.0 Å². The fourth-order valence-corrected chi connectivity index (χ4v) is 4.30. The monoisotopic (exact) mass is 451 g/mol. The molecule has 0 unspecified atom stereocenters. The number of methoxy groups -OCH3 is 1. The Morgan fingerprint density at radius 3 is 2.52 bits per heavy atom. The Balaban J connectivity index is 1.74. The molecule has 3 aromatic rings. The van der Waals surface area contributed by atoms with E-state index in [1.165, 1.54) is 7.11 Å². The molecule has 0 aliphatic carbocycles. The fourth-order valence-electron chi connectivity index (χ4n) is 4.30. The minimum atomic E-state index is -0.252. The first-order valence-corrected chi connectivity index (χ1v) is 11.3. The largest absolute Gasteiger partial charge is 0.467 e. The quantitative estimate of drug-likeness (QED) is 0.629. The van der Waals surface area contributed by atoms with E-state index in [0.717, 1.165) is 29.9 Å². The van der Waals surface area contributed by atoms with Gasteiger partial charge in [-0.15, -0.1) is 0 Å². The smallest absolute Gasteiger partial charge is 0.316 e. The summed E-state index contributed by atoms with van der Waals surface area (Å²) in [7, 11) is 3.35. The zero-order chi connectivity index (χ0) is 23.9. The van der Waals surface area contributed by atoms with Crippen molar-refractivity contribution in [3.8, 4) is 6.01 Å². The fraction of sp³-hybridized carbons (Fsp3) is 0.500. The van der Waals surface area contributed by atoms with Crippen LogP contribution < -0.4 is 20.3 Å². The van der Waals surface area contributed by atoms with Crippen LogP contribution in [-0.4, -0.2) is 57.9 Å². The third-order valence-electron chi connectivity index (χ3n) is 5.92. The number of amides is 1. The number of rotatable bonds is 4. The molecular weight excluding hydrogens is 418 g/mol. The van der Waals surface area contributed by atoms with E-state index in [0.29, 0.717) is 29.0 Å². The van der Waals surface area contributed by atoms with Gasteiger partial charge in [0.15, 0.2) is 0 Å². The second-order valence-corrected chi connectivity index (χ2v) is 9.87. The highest BCUT2D eigenvalue weighted by Gasteiger charge is 2.25. The van der Waals surface area contributed by atoms with Gasteiger partial charge in [0.25, 0.3) is 5.91 Å². The lowest BCUT2D eigenvalue weighted by atomic mass is 9.92. The molecule has 4 rings (SSSR count). The molecule has 2 N–H and O–H groups in total. The average molecular weight is 452 g/mol. The first-order valence-electron chi connectivity index (χ1n) is 11.3. The predicted molar refractivity (Wildman–Crippen MR) is 130 cm³/mol. The Kier molecular flexibility index (Phi) is 6.00. The number of piperazine rings is 1. The van der Waals surface area contributed by atoms with Crippen molar-refractivity contribution in [3.05, 3.63) is 35.7 Å². The van der Waals surface area contributed by atoms with E-state index < -0.39 is 0 Å². The van der Waals surface area contributed by atoms with Crippen LogP contribution in [0.3, 0.4) is 0 Å². The molecule has 2 aromatic heterocycles. The Hall–Kier alpha value is -3.20. The predicted octanol–water partition coefficient (Wildman–Crippen LogP) is 3.11. The second kappa shape index (κ2) is 8.62. The molecule has 1 saturated heterocycles. The number of nitrogens with zero attached hydrogens (tertiary/aromatic N) is 5. The average Bonchev–Trinajstić information content (AvgIpc) is 3.12. The molecule has 1 aliphatic heterocycles. The Labute approximate surface area is 194 Å². The highest BCUT2D eigenvalue weighted by atomic mass is 16.5. The number of hydrogen-bond acceptors (Lipinski definition) is 7. The summed E-state index contributed by atoms with van der Waals surface area (Å²) in [6.07, 6.45) is 1.74. The zero-order valence-corrected chi connectivity index (χ0v) is 20.4. The molecule has 1 fully saturated rings. The van der Waals surface area contributed by atoms with Crippen molar-refractivity contribution in [1.82, 2.24) is 25.1 Å². The van der Waals surface area contributed by atoms with Crippen LogP contribution in [0.4, 0.5) is 11.5 Å². The Bertz CT molecular complexity index is 1170. The van der Waals surface area contributed by atoms with E-state index >= 15 is 0 Å². The summed E-state index contributed by atoms with van der Waals surface area (Å²) in [4.78, 5) is 24.6. The van der Waals surface area contributed by atoms with E-state index in [2.05, 4.69) is 65.2 Å². The standard InChI is InChI=1S/C24H33N7O2/c1-14-12-31(13-15(2)26-14)18-9-8-16(21-17(18)11-25-23(28-21)33-7)22(32)27-20-10-19(24(3,4)5)29-30(20)6/h8-11,14-15,26H,12-13H2,1-7H3,(H,27,32)/t14-,15-/m1/s1. The summed E-state index contributed by atoms with van der Waals surface area (Å²) >= 11 is 0. The van der Waals surface area contributed by atoms with Gasteiger partial charge < -0.3 is 20.3 Å². The lowest BCUT2D eigenvalue weighted by Crippen LogP contribution is -2.54. The van der Waals surface area contributed by atoms with Crippen molar-refractivity contribution in [2.24, 2.45) is 7.05 Å². The molecular formula is C24H33N7O2. The van der Waals surface area contributed by atoms with Crippen molar-refractivity contribution in [1.29, 1.82) is 0 Å². The Morgan fingerprint density at radius 1 is 1.21 bits per heavy atom. The number of aromatic nitrogens is 4. The third-order valence-corrected chi connectivity index (χ3v) is 5.92. The number of ether oxygens (including phenoxy) is 1. The first-order chi connectivity index (χ1) is 15.6. The maximum Gasteiger partial charge on any atom is 0.316 e. The van der Waals surface area contributed by atoms with Crippen molar-refractivity contribution in [2.75, 3.05) is 30.4 Å². The molecule has 9 heteroatoms. The molecule has 9 nitrogen and oxygen atoms in total. The summed E-state index contributed by atoms with van der Waals surface area (Å²) in [5.74, 6) is 0.380. The van der Waals surface area contributed by atoms with Gasteiger partial charge in [-0.1, -0.05) is 20.8 Å². The highest BCUT2D eigenvalue weighted by molar-refractivity contribution is 6.13. The molecule has 176 valence electrons. The van der Waals surface area contributed by atoms with Crippen LogP contribution in [0, 0.1) is 0 Å². The van der Waals surface area contributed by atoms with E-state index in [-0.39, 0.29) is 17.3 Å². The van der Waals surface area contributed by atoms with E-state index in [9.17, 15) is 4.79 Å². The summed E-state index contributed by atoms with van der Waals surface area (Å²) < 4.78 is 6.95. The van der Waals surface area contributed by atoms with Crippen LogP contribution in [0.5, 0.6) is 6.01 Å². The zero-order valence-electron chi connectivity index (χ0n) is 20.4. The summed E-state index contributed by atoms with van der Waals surface area (Å²) in [6, 6.07) is 6.67. The van der Waals surface area contributed by atoms with Gasteiger partial charge >= 0.3 is 6.01 Å². The van der Waals surface area contributed by atoms with Crippen LogP contribution in [-0.2, 0) is 12.5 Å². The number of hydrogen-bond donors (Lipinski definition) is 2. The highest BCUT2D eigenvalue weighted by Crippen LogP contribution is 2.31. The number of benzene rings is 1. The molecule has 2 atom stereocenters. The van der Waals surface area contributed by atoms with E-state index in [1.807, 2.05) is 25.2 Å². The topological polar surface area (TPSA) is 97.2 Å². The van der Waals surface area contributed by atoms with Gasteiger partial charge in [0.05, 0.1) is 23.9 Å². The summed E-state index contributed by atoms with van der Waals surface area (Å²) in [5.41, 5.74) is 2.83. The van der Waals surface area contributed by atoms with Gasteiger partial charge in [0.2, 0.25) is 0 Å². The normalized spacial score (nSPS) is 19.1. The second-order valence-electron chi connectivity index (χ2n) is 9.87. The van der Waals surface area contributed by atoms with Crippen molar-refractivity contribution in [3.63, 3.8) is 0 Å². The van der Waals surface area contributed by atoms with Crippen LogP contribution in [0.25, 0.3) is 10.9 Å². The SMILES string of the molecule is COc1ncc2c(N3C[C@@H](C)N[C@H](C)C3)ccc(C(=O)Nc3cc(C(C)(C)C)nn3C)c2n1. The molecule has 0 radical (unpaired) electrons. The van der Waals surface area contributed by atoms with Crippen molar-refractivity contribution in [2.45, 2.75) is 52.1 Å². The van der Waals surface area contributed by atoms with E-state index in [4.69, 9.17) is 4.74 Å². The van der Waals surface area contributed by atoms with Gasteiger partial charge in [-0.3, -0.25) is 9.48 Å². The van der Waals surface area contributed by atoms with Crippen LogP contribution in [0.2, 0.25) is 0 Å². The van der Waals surface area contributed by atoms with Gasteiger partial charge in [0.1, 0.15) is 5.82 Å². The van der Waals surface area contributed by atoms with Gasteiger partial charge in [-0.2, -0.15) is 10.1 Å². The lowest BCUT2D eigenvalue weighted by molar-refractivity contribution is 0.102. The van der Waals surface area contributed by atoms with Gasteiger partial charge in [-0.25, -0.2) is 4.98 Å². The molecule has 1 amide bonds. The van der Waals surface area contributed by atoms with Crippen LogP contribution >= 0.6 is 0 Å². The van der Waals surface area contributed by atoms with Crippen LogP contribution in [0.15, 0.2) is 24.4 Å².